The van der Waals surface area contributed by atoms with Crippen LogP contribution in [-0.4, -0.2) is 20.2 Å². The summed E-state index contributed by atoms with van der Waals surface area (Å²) in [6.45, 7) is 6.99. The van der Waals surface area contributed by atoms with Crippen molar-refractivity contribution in [3.63, 3.8) is 0 Å². The number of pyridine rings is 1. The third-order valence-corrected chi connectivity index (χ3v) is 4.36. The topological polar surface area (TPSA) is 58.1 Å². The van der Waals surface area contributed by atoms with Crippen LogP contribution in [0.3, 0.4) is 0 Å². The summed E-state index contributed by atoms with van der Waals surface area (Å²) in [5, 5.41) is 17.4. The van der Waals surface area contributed by atoms with E-state index in [1.165, 1.54) is 0 Å². The van der Waals surface area contributed by atoms with Crippen molar-refractivity contribution < 1.29 is 0 Å². The molecule has 0 aliphatic carbocycles. The fourth-order valence-corrected chi connectivity index (χ4v) is 2.77. The van der Waals surface area contributed by atoms with E-state index in [0.29, 0.717) is 6.54 Å². The van der Waals surface area contributed by atoms with Crippen molar-refractivity contribution in [2.75, 3.05) is 0 Å². The summed E-state index contributed by atoms with van der Waals surface area (Å²) in [6.07, 6.45) is 7.92. The molecule has 2 atom stereocenters. The Kier molecular flexibility index (Phi) is 4.18. The average molecular weight is 307 g/mol. The van der Waals surface area contributed by atoms with E-state index in [-0.39, 0.29) is 12.1 Å². The minimum absolute atomic E-state index is 0.240. The van der Waals surface area contributed by atoms with Gasteiger partial charge in [0.25, 0.3) is 0 Å². The molecule has 0 unspecified atom stereocenters. The number of aryl methyl sites for hydroxylation is 1. The minimum Gasteiger partial charge on any atom is -0.322 e. The molecule has 0 aromatic carbocycles. The maximum atomic E-state index is 9.46. The molecule has 3 heterocycles. The Hall–Kier alpha value is -2.58. The second kappa shape index (κ2) is 6.27. The van der Waals surface area contributed by atoms with Crippen LogP contribution in [0, 0.1) is 18.3 Å². The standard InChI is InChI=1S/C18H21N5/c1-13-9-21-23(11-13)15(3)14(2)20-10-16-12-22-7-5-4-6-18(22)17(16)8-19/h4-7,9,11-12,14-15,20H,10H2,1-3H3/t14-,15-/m0/s1. The molecule has 3 rings (SSSR count). The van der Waals surface area contributed by atoms with Crippen molar-refractivity contribution in [2.24, 2.45) is 0 Å². The normalized spacial score (nSPS) is 13.8. The zero-order chi connectivity index (χ0) is 16.4. The van der Waals surface area contributed by atoms with Crippen LogP contribution < -0.4 is 5.32 Å². The van der Waals surface area contributed by atoms with Gasteiger partial charge in [-0.3, -0.25) is 4.68 Å². The van der Waals surface area contributed by atoms with Gasteiger partial charge in [0.15, 0.2) is 0 Å². The number of fused-ring (bicyclic) bond motifs is 1. The summed E-state index contributed by atoms with van der Waals surface area (Å²) in [6, 6.07) is 8.71. The SMILES string of the molecule is Cc1cnn([C@@H](C)[C@H](C)NCc2cn3ccccc3c2C#N)c1. The number of aromatic nitrogens is 3. The lowest BCUT2D eigenvalue weighted by atomic mass is 10.1. The zero-order valence-electron chi connectivity index (χ0n) is 13.7. The molecule has 3 aromatic rings. The minimum atomic E-state index is 0.240. The van der Waals surface area contributed by atoms with Gasteiger partial charge in [-0.15, -0.1) is 0 Å². The lowest BCUT2D eigenvalue weighted by molar-refractivity contribution is 0.365. The number of rotatable bonds is 5. The van der Waals surface area contributed by atoms with E-state index < -0.39 is 0 Å². The predicted molar refractivity (Wildman–Crippen MR) is 90.1 cm³/mol. The lowest BCUT2D eigenvalue weighted by Crippen LogP contribution is -2.33. The fourth-order valence-electron chi connectivity index (χ4n) is 2.77. The molecular weight excluding hydrogens is 286 g/mol. The van der Waals surface area contributed by atoms with Crippen molar-refractivity contribution >= 4 is 5.52 Å². The summed E-state index contributed by atoms with van der Waals surface area (Å²) in [4.78, 5) is 0. The third kappa shape index (κ3) is 2.99. The molecule has 0 aliphatic rings. The van der Waals surface area contributed by atoms with Gasteiger partial charge in [0.2, 0.25) is 0 Å². The first-order chi connectivity index (χ1) is 11.1. The molecule has 0 fully saturated rings. The van der Waals surface area contributed by atoms with Crippen molar-refractivity contribution in [3.8, 4) is 6.07 Å². The molecule has 0 saturated carbocycles. The first-order valence-corrected chi connectivity index (χ1v) is 7.83. The Balaban J connectivity index is 1.74. The molecule has 0 amide bonds. The predicted octanol–water partition coefficient (Wildman–Crippen LogP) is 3.06. The highest BCUT2D eigenvalue weighted by Gasteiger charge is 2.16. The Morgan fingerprint density at radius 3 is 2.83 bits per heavy atom. The van der Waals surface area contributed by atoms with Crippen LogP contribution in [-0.2, 0) is 6.54 Å². The van der Waals surface area contributed by atoms with E-state index in [2.05, 4.69) is 36.5 Å². The van der Waals surface area contributed by atoms with Gasteiger partial charge < -0.3 is 9.72 Å². The van der Waals surface area contributed by atoms with Crippen LogP contribution in [0.1, 0.15) is 36.6 Å². The van der Waals surface area contributed by atoms with Crippen LogP contribution in [0.4, 0.5) is 0 Å². The number of nitriles is 1. The van der Waals surface area contributed by atoms with E-state index in [0.717, 1.165) is 22.2 Å². The van der Waals surface area contributed by atoms with Gasteiger partial charge >= 0.3 is 0 Å². The molecule has 0 aliphatic heterocycles. The van der Waals surface area contributed by atoms with E-state index in [1.54, 1.807) is 0 Å². The molecule has 0 radical (unpaired) electrons. The Morgan fingerprint density at radius 2 is 2.13 bits per heavy atom. The molecule has 23 heavy (non-hydrogen) atoms. The fraction of sp³-hybridized carbons (Fsp3) is 0.333. The molecule has 0 spiro atoms. The van der Waals surface area contributed by atoms with Gasteiger partial charge in [-0.25, -0.2) is 0 Å². The number of hydrogen-bond acceptors (Lipinski definition) is 3. The highest BCUT2D eigenvalue weighted by atomic mass is 15.3. The van der Waals surface area contributed by atoms with Crippen molar-refractivity contribution in [1.29, 1.82) is 5.26 Å². The summed E-state index contributed by atoms with van der Waals surface area (Å²) in [7, 11) is 0. The highest BCUT2D eigenvalue weighted by Crippen LogP contribution is 2.18. The van der Waals surface area contributed by atoms with Crippen LogP contribution in [0.2, 0.25) is 0 Å². The number of nitrogens with zero attached hydrogens (tertiary/aromatic N) is 4. The van der Waals surface area contributed by atoms with Crippen LogP contribution in [0.25, 0.3) is 5.52 Å². The maximum Gasteiger partial charge on any atom is 0.102 e. The number of nitrogens with one attached hydrogen (secondary N) is 1. The smallest absolute Gasteiger partial charge is 0.102 e. The number of hydrogen-bond donors (Lipinski definition) is 1. The molecule has 118 valence electrons. The first-order valence-electron chi connectivity index (χ1n) is 7.83. The average Bonchev–Trinajstić information content (AvgIpc) is 3.14. The molecular formula is C18H21N5. The monoisotopic (exact) mass is 307 g/mol. The largest absolute Gasteiger partial charge is 0.322 e. The van der Waals surface area contributed by atoms with Gasteiger partial charge in [0.1, 0.15) is 6.07 Å². The van der Waals surface area contributed by atoms with Gasteiger partial charge in [0.05, 0.1) is 23.3 Å². The van der Waals surface area contributed by atoms with Crippen molar-refractivity contribution in [1.82, 2.24) is 19.5 Å². The second-order valence-corrected chi connectivity index (χ2v) is 6.04. The quantitative estimate of drug-likeness (QED) is 0.788. The van der Waals surface area contributed by atoms with Gasteiger partial charge in [-0.05, 0) is 38.5 Å². The van der Waals surface area contributed by atoms with E-state index in [4.69, 9.17) is 0 Å². The molecule has 0 bridgehead atoms. The Morgan fingerprint density at radius 1 is 1.30 bits per heavy atom. The van der Waals surface area contributed by atoms with Crippen LogP contribution in [0.15, 0.2) is 43.0 Å². The molecule has 5 nitrogen and oxygen atoms in total. The molecule has 3 aromatic heterocycles. The zero-order valence-corrected chi connectivity index (χ0v) is 13.7. The third-order valence-electron chi connectivity index (χ3n) is 4.36. The lowest BCUT2D eigenvalue weighted by Gasteiger charge is -2.21. The second-order valence-electron chi connectivity index (χ2n) is 6.04. The molecule has 5 heteroatoms. The van der Waals surface area contributed by atoms with Crippen LogP contribution >= 0.6 is 0 Å². The van der Waals surface area contributed by atoms with Crippen LogP contribution in [0.5, 0.6) is 0 Å². The summed E-state index contributed by atoms with van der Waals surface area (Å²) in [5.74, 6) is 0. The van der Waals surface area contributed by atoms with Gasteiger partial charge in [0, 0.05) is 36.7 Å². The maximum absolute atomic E-state index is 9.46. The van der Waals surface area contributed by atoms with E-state index >= 15 is 0 Å². The summed E-state index contributed by atoms with van der Waals surface area (Å²) in [5.41, 5.74) is 3.88. The molecule has 1 N–H and O–H groups in total. The Labute approximate surface area is 136 Å². The van der Waals surface area contributed by atoms with Crippen molar-refractivity contribution in [3.05, 3.63) is 59.7 Å². The van der Waals surface area contributed by atoms with Crippen molar-refractivity contribution in [2.45, 2.75) is 39.4 Å². The Bertz CT molecular complexity index is 852. The van der Waals surface area contributed by atoms with E-state index in [1.807, 2.05) is 52.8 Å². The molecule has 0 saturated heterocycles. The first kappa shape index (κ1) is 15.3. The van der Waals surface area contributed by atoms with Gasteiger partial charge in [-0.2, -0.15) is 10.4 Å². The highest BCUT2D eigenvalue weighted by molar-refractivity contribution is 5.65. The summed E-state index contributed by atoms with van der Waals surface area (Å²) < 4.78 is 3.98. The van der Waals surface area contributed by atoms with E-state index in [9.17, 15) is 5.26 Å². The summed E-state index contributed by atoms with van der Waals surface area (Å²) >= 11 is 0. The van der Waals surface area contributed by atoms with Gasteiger partial charge in [-0.1, -0.05) is 6.07 Å².